The van der Waals surface area contributed by atoms with E-state index < -0.39 is 10.0 Å². The number of halogens is 1. The van der Waals surface area contributed by atoms with Crippen molar-refractivity contribution in [2.24, 2.45) is 0 Å². The van der Waals surface area contributed by atoms with Crippen LogP contribution in [-0.4, -0.2) is 39.1 Å². The fourth-order valence-corrected chi connectivity index (χ4v) is 2.42. The van der Waals surface area contributed by atoms with Gasteiger partial charge in [0.1, 0.15) is 0 Å². The molecule has 18 heavy (non-hydrogen) atoms. The van der Waals surface area contributed by atoms with Gasteiger partial charge < -0.3 is 5.32 Å². The van der Waals surface area contributed by atoms with Gasteiger partial charge in [-0.05, 0) is 24.6 Å². The van der Waals surface area contributed by atoms with Gasteiger partial charge in [-0.25, -0.2) is 12.7 Å². The number of rotatable bonds is 6. The monoisotopic (exact) mass is 290 g/mol. The third kappa shape index (κ3) is 4.57. The first-order chi connectivity index (χ1) is 8.33. The van der Waals surface area contributed by atoms with Crippen LogP contribution >= 0.6 is 11.6 Å². The minimum absolute atomic E-state index is 0.0704. The van der Waals surface area contributed by atoms with Crippen LogP contribution in [0.1, 0.15) is 18.5 Å². The summed E-state index contributed by atoms with van der Waals surface area (Å²) in [5.41, 5.74) is 1.05. The van der Waals surface area contributed by atoms with Crippen LogP contribution in [0.15, 0.2) is 24.3 Å². The predicted octanol–water partition coefficient (Wildman–Crippen LogP) is 1.88. The first kappa shape index (κ1) is 15.4. The first-order valence-corrected chi connectivity index (χ1v) is 7.70. The molecule has 0 aliphatic rings. The molecule has 0 spiro atoms. The van der Waals surface area contributed by atoms with Gasteiger partial charge in [0, 0.05) is 31.7 Å². The Balaban J connectivity index is 2.50. The van der Waals surface area contributed by atoms with Crippen LogP contribution in [0.25, 0.3) is 0 Å². The van der Waals surface area contributed by atoms with E-state index in [9.17, 15) is 8.42 Å². The smallest absolute Gasteiger partial charge is 0.214 e. The largest absolute Gasteiger partial charge is 0.309 e. The summed E-state index contributed by atoms with van der Waals surface area (Å²) in [6.07, 6.45) is 0. The number of nitrogens with one attached hydrogen (secondary N) is 1. The molecular weight excluding hydrogens is 272 g/mol. The summed E-state index contributed by atoms with van der Waals surface area (Å²) in [4.78, 5) is 0. The summed E-state index contributed by atoms with van der Waals surface area (Å²) in [7, 11) is -0.0646. The minimum atomic E-state index is -3.14. The van der Waals surface area contributed by atoms with E-state index in [0.717, 1.165) is 5.56 Å². The van der Waals surface area contributed by atoms with Gasteiger partial charge in [-0.2, -0.15) is 0 Å². The lowest BCUT2D eigenvalue weighted by atomic mass is 10.1. The average molecular weight is 291 g/mol. The van der Waals surface area contributed by atoms with Crippen molar-refractivity contribution in [1.29, 1.82) is 0 Å². The maximum Gasteiger partial charge on any atom is 0.214 e. The van der Waals surface area contributed by atoms with Crippen molar-refractivity contribution in [3.05, 3.63) is 34.9 Å². The molecule has 0 amide bonds. The summed E-state index contributed by atoms with van der Waals surface area (Å²) in [5, 5.41) is 3.86. The van der Waals surface area contributed by atoms with E-state index in [4.69, 9.17) is 11.6 Å². The number of hydrogen-bond acceptors (Lipinski definition) is 3. The predicted molar refractivity (Wildman–Crippen MR) is 75.3 cm³/mol. The second-order valence-corrected chi connectivity index (χ2v) is 7.07. The molecule has 1 atom stereocenters. The van der Waals surface area contributed by atoms with Gasteiger partial charge in [0.2, 0.25) is 10.0 Å². The van der Waals surface area contributed by atoms with Crippen molar-refractivity contribution in [3.8, 4) is 0 Å². The third-order valence-corrected chi connectivity index (χ3v) is 4.78. The zero-order valence-electron chi connectivity index (χ0n) is 10.9. The topological polar surface area (TPSA) is 49.4 Å². The van der Waals surface area contributed by atoms with Crippen LogP contribution < -0.4 is 5.32 Å². The van der Waals surface area contributed by atoms with Crippen molar-refractivity contribution < 1.29 is 8.42 Å². The third-order valence-electron chi connectivity index (χ3n) is 2.72. The fraction of sp³-hybridized carbons (Fsp3) is 0.500. The van der Waals surface area contributed by atoms with Gasteiger partial charge in [0.05, 0.1) is 5.75 Å². The van der Waals surface area contributed by atoms with Gasteiger partial charge in [0.15, 0.2) is 0 Å². The van der Waals surface area contributed by atoms with Gasteiger partial charge in [-0.3, -0.25) is 0 Å². The summed E-state index contributed by atoms with van der Waals surface area (Å²) < 4.78 is 24.4. The summed E-state index contributed by atoms with van der Waals surface area (Å²) in [6.45, 7) is 2.39. The summed E-state index contributed by atoms with van der Waals surface area (Å²) in [6, 6.07) is 7.60. The molecule has 0 fully saturated rings. The van der Waals surface area contributed by atoms with Crippen molar-refractivity contribution in [2.75, 3.05) is 26.4 Å². The number of sulfonamides is 1. The molecular formula is C12H19ClN2O2S. The molecule has 0 aromatic heterocycles. The van der Waals surface area contributed by atoms with Crippen molar-refractivity contribution in [1.82, 2.24) is 9.62 Å². The Morgan fingerprint density at radius 2 is 2.06 bits per heavy atom. The molecule has 0 saturated heterocycles. The van der Waals surface area contributed by atoms with Crippen molar-refractivity contribution >= 4 is 21.6 Å². The minimum Gasteiger partial charge on any atom is -0.309 e. The molecule has 1 N–H and O–H groups in total. The quantitative estimate of drug-likeness (QED) is 0.870. The Bertz CT molecular complexity index is 489. The SMILES string of the molecule is CC(NCCS(=O)(=O)N(C)C)c1cccc(Cl)c1. The zero-order chi connectivity index (χ0) is 13.8. The van der Waals surface area contributed by atoms with Crippen molar-refractivity contribution in [2.45, 2.75) is 13.0 Å². The first-order valence-electron chi connectivity index (χ1n) is 5.72. The molecule has 0 aliphatic heterocycles. The Morgan fingerprint density at radius 1 is 1.39 bits per heavy atom. The van der Waals surface area contributed by atoms with E-state index in [-0.39, 0.29) is 11.8 Å². The molecule has 0 radical (unpaired) electrons. The standard InChI is InChI=1S/C12H19ClN2O2S/c1-10(11-5-4-6-12(13)9-11)14-7-8-18(16,17)15(2)3/h4-6,9-10,14H,7-8H2,1-3H3. The van der Waals surface area contributed by atoms with Crippen LogP contribution in [0.3, 0.4) is 0 Å². The van der Waals surface area contributed by atoms with Crippen molar-refractivity contribution in [3.63, 3.8) is 0 Å². The number of benzene rings is 1. The van der Waals surface area contributed by atoms with Gasteiger partial charge in [-0.1, -0.05) is 23.7 Å². The highest BCUT2D eigenvalue weighted by molar-refractivity contribution is 7.89. The Morgan fingerprint density at radius 3 is 2.61 bits per heavy atom. The second kappa shape index (κ2) is 6.52. The summed E-state index contributed by atoms with van der Waals surface area (Å²) in [5.74, 6) is 0.0882. The molecule has 0 bridgehead atoms. The molecule has 6 heteroatoms. The molecule has 0 aliphatic carbocycles. The molecule has 102 valence electrons. The van der Waals surface area contributed by atoms with E-state index in [2.05, 4.69) is 5.32 Å². The Kier molecular flexibility index (Phi) is 5.59. The van der Waals surface area contributed by atoms with E-state index in [0.29, 0.717) is 11.6 Å². The average Bonchev–Trinajstić information content (AvgIpc) is 2.28. The van der Waals surface area contributed by atoms with E-state index in [1.807, 2.05) is 31.2 Å². The van der Waals surface area contributed by atoms with Crippen LogP contribution in [-0.2, 0) is 10.0 Å². The molecule has 1 aromatic carbocycles. The van der Waals surface area contributed by atoms with Crippen LogP contribution in [0.4, 0.5) is 0 Å². The second-order valence-electron chi connectivity index (χ2n) is 4.33. The highest BCUT2D eigenvalue weighted by Crippen LogP contribution is 2.17. The van der Waals surface area contributed by atoms with E-state index in [1.165, 1.54) is 18.4 Å². The highest BCUT2D eigenvalue weighted by atomic mass is 35.5. The van der Waals surface area contributed by atoms with E-state index in [1.54, 1.807) is 0 Å². The molecule has 0 saturated carbocycles. The van der Waals surface area contributed by atoms with Gasteiger partial charge >= 0.3 is 0 Å². The number of nitrogens with zero attached hydrogens (tertiary/aromatic N) is 1. The van der Waals surface area contributed by atoms with Gasteiger partial charge in [-0.15, -0.1) is 0 Å². The number of hydrogen-bond donors (Lipinski definition) is 1. The molecule has 0 heterocycles. The fourth-order valence-electron chi connectivity index (χ4n) is 1.48. The lowest BCUT2D eigenvalue weighted by Gasteiger charge is -2.16. The zero-order valence-corrected chi connectivity index (χ0v) is 12.4. The lowest BCUT2D eigenvalue weighted by molar-refractivity contribution is 0.512. The van der Waals surface area contributed by atoms with Crippen LogP contribution in [0.2, 0.25) is 5.02 Å². The molecule has 4 nitrogen and oxygen atoms in total. The highest BCUT2D eigenvalue weighted by Gasteiger charge is 2.13. The maximum atomic E-state index is 11.6. The van der Waals surface area contributed by atoms with Crippen LogP contribution in [0.5, 0.6) is 0 Å². The molecule has 1 rings (SSSR count). The Labute approximate surface area is 114 Å². The van der Waals surface area contributed by atoms with Gasteiger partial charge in [0.25, 0.3) is 0 Å². The summed E-state index contributed by atoms with van der Waals surface area (Å²) >= 11 is 5.91. The molecule has 1 unspecified atom stereocenters. The van der Waals surface area contributed by atoms with E-state index >= 15 is 0 Å². The Hall–Kier alpha value is -0.620. The van der Waals surface area contributed by atoms with Crippen LogP contribution in [0, 0.1) is 0 Å². The lowest BCUT2D eigenvalue weighted by Crippen LogP contribution is -2.32. The maximum absolute atomic E-state index is 11.6. The normalized spacial score (nSPS) is 13.8. The molecule has 1 aromatic rings.